The van der Waals surface area contributed by atoms with E-state index in [1.54, 1.807) is 44.7 Å². The average Bonchev–Trinajstić information content (AvgIpc) is 3.44. The summed E-state index contributed by atoms with van der Waals surface area (Å²) < 4.78 is 31.5. The van der Waals surface area contributed by atoms with E-state index < -0.39 is 11.8 Å². The van der Waals surface area contributed by atoms with Gasteiger partial charge in [-0.1, -0.05) is 12.1 Å². The van der Waals surface area contributed by atoms with Gasteiger partial charge in [-0.3, -0.25) is 9.88 Å². The number of halogens is 1. The quantitative estimate of drug-likeness (QED) is 0.281. The van der Waals surface area contributed by atoms with Crippen LogP contribution < -0.4 is 24.8 Å². The number of fused-ring (bicyclic) bond motifs is 1. The molecule has 0 atom stereocenters. The zero-order valence-electron chi connectivity index (χ0n) is 21.3. The summed E-state index contributed by atoms with van der Waals surface area (Å²) in [5.74, 6) is 1.18. The van der Waals surface area contributed by atoms with Crippen LogP contribution in [0.25, 0.3) is 10.9 Å². The van der Waals surface area contributed by atoms with Gasteiger partial charge in [0.2, 0.25) is 0 Å². The third-order valence-corrected chi connectivity index (χ3v) is 6.44. The number of carbonyl (C=O) groups excluding carboxylic acids is 1. The molecule has 0 radical (unpaired) electrons. The highest BCUT2D eigenvalue weighted by atomic mass is 19.1. The number of nitrogens with zero attached hydrogens (tertiary/aromatic N) is 2. The normalized spacial score (nSPS) is 13.3. The average molecular weight is 517 g/mol. The van der Waals surface area contributed by atoms with E-state index in [1.807, 2.05) is 24.3 Å². The number of urea groups is 1. The monoisotopic (exact) mass is 516 g/mol. The van der Waals surface area contributed by atoms with E-state index in [0.29, 0.717) is 33.8 Å². The van der Waals surface area contributed by atoms with Crippen LogP contribution in [0, 0.1) is 5.82 Å². The van der Waals surface area contributed by atoms with Crippen LogP contribution in [0.3, 0.4) is 0 Å². The molecule has 0 unspecified atom stereocenters. The molecule has 9 heteroatoms. The Labute approximate surface area is 220 Å². The summed E-state index contributed by atoms with van der Waals surface area (Å²) in [5, 5.41) is 5.97. The fraction of sp³-hybridized carbons (Fsp3) is 0.241. The largest absolute Gasteiger partial charge is 0.493 e. The van der Waals surface area contributed by atoms with Crippen LogP contribution in [0.4, 0.5) is 20.6 Å². The maximum atomic E-state index is 14.9. The van der Waals surface area contributed by atoms with Crippen molar-refractivity contribution in [3.63, 3.8) is 0 Å². The third-order valence-electron chi connectivity index (χ3n) is 6.44. The van der Waals surface area contributed by atoms with Crippen molar-refractivity contribution in [2.45, 2.75) is 19.4 Å². The Bertz CT molecular complexity index is 1440. The fourth-order valence-electron chi connectivity index (χ4n) is 4.50. The van der Waals surface area contributed by atoms with Gasteiger partial charge < -0.3 is 24.8 Å². The molecule has 0 spiro atoms. The minimum absolute atomic E-state index is 0.0338. The Morgan fingerprint density at radius 2 is 1.66 bits per heavy atom. The number of hydrogen-bond donors (Lipinski definition) is 2. The number of aromatic nitrogens is 1. The van der Waals surface area contributed by atoms with Gasteiger partial charge in [-0.15, -0.1) is 0 Å². The van der Waals surface area contributed by atoms with Crippen molar-refractivity contribution in [3.8, 4) is 23.0 Å². The maximum absolute atomic E-state index is 14.9. The molecule has 5 rings (SSSR count). The second kappa shape index (κ2) is 11.4. The van der Waals surface area contributed by atoms with Crippen molar-refractivity contribution in [3.05, 3.63) is 78.2 Å². The van der Waals surface area contributed by atoms with E-state index in [4.69, 9.17) is 14.2 Å². The van der Waals surface area contributed by atoms with Gasteiger partial charge in [-0.2, -0.15) is 0 Å². The fourth-order valence-corrected chi connectivity index (χ4v) is 4.50. The number of benzene rings is 3. The SMILES string of the molecule is COc1cc2nccc(Oc3ccc(NC(=O)Nc4ccc(CN5CCCC5)cc4)c(F)c3)c2cc1OC. The van der Waals surface area contributed by atoms with Gasteiger partial charge in [0.25, 0.3) is 0 Å². The Hall–Kier alpha value is -4.37. The number of anilines is 2. The maximum Gasteiger partial charge on any atom is 0.323 e. The number of ether oxygens (including phenoxy) is 3. The Morgan fingerprint density at radius 3 is 2.37 bits per heavy atom. The minimum Gasteiger partial charge on any atom is -0.493 e. The van der Waals surface area contributed by atoms with Crippen LogP contribution in [-0.4, -0.2) is 43.2 Å². The van der Waals surface area contributed by atoms with Gasteiger partial charge >= 0.3 is 6.03 Å². The molecule has 1 aromatic heterocycles. The first kappa shape index (κ1) is 25.3. The van der Waals surface area contributed by atoms with Gasteiger partial charge in [0.1, 0.15) is 17.3 Å². The minimum atomic E-state index is -0.628. The summed E-state index contributed by atoms with van der Waals surface area (Å²) in [4.78, 5) is 19.2. The third kappa shape index (κ3) is 5.78. The lowest BCUT2D eigenvalue weighted by Crippen LogP contribution is -2.20. The van der Waals surface area contributed by atoms with Crippen LogP contribution >= 0.6 is 0 Å². The smallest absolute Gasteiger partial charge is 0.323 e. The van der Waals surface area contributed by atoms with Crippen molar-refractivity contribution in [2.24, 2.45) is 0 Å². The summed E-state index contributed by atoms with van der Waals surface area (Å²) >= 11 is 0. The van der Waals surface area contributed by atoms with Crippen molar-refractivity contribution in [2.75, 3.05) is 37.9 Å². The molecule has 1 aliphatic rings. The molecule has 0 saturated carbocycles. The van der Waals surface area contributed by atoms with Crippen LogP contribution in [0.1, 0.15) is 18.4 Å². The van der Waals surface area contributed by atoms with E-state index >= 15 is 0 Å². The predicted octanol–water partition coefficient (Wildman–Crippen LogP) is 6.42. The molecule has 196 valence electrons. The van der Waals surface area contributed by atoms with E-state index in [-0.39, 0.29) is 11.4 Å². The summed E-state index contributed by atoms with van der Waals surface area (Å²) in [6.45, 7) is 3.16. The Morgan fingerprint density at radius 1 is 0.921 bits per heavy atom. The summed E-state index contributed by atoms with van der Waals surface area (Å²) in [6.07, 6.45) is 4.09. The zero-order chi connectivity index (χ0) is 26.5. The molecule has 2 N–H and O–H groups in total. The molecule has 2 heterocycles. The van der Waals surface area contributed by atoms with Crippen LogP contribution in [0.5, 0.6) is 23.0 Å². The van der Waals surface area contributed by atoms with Crippen LogP contribution in [0.2, 0.25) is 0 Å². The van der Waals surface area contributed by atoms with Gasteiger partial charge in [-0.25, -0.2) is 9.18 Å². The van der Waals surface area contributed by atoms with Crippen molar-refractivity contribution in [1.29, 1.82) is 0 Å². The number of carbonyl (C=O) groups is 1. The highest BCUT2D eigenvalue weighted by Gasteiger charge is 2.14. The van der Waals surface area contributed by atoms with Crippen molar-refractivity contribution in [1.82, 2.24) is 9.88 Å². The lowest BCUT2D eigenvalue weighted by Gasteiger charge is -2.15. The molecule has 1 fully saturated rings. The van der Waals surface area contributed by atoms with Crippen molar-refractivity contribution >= 4 is 28.3 Å². The first-order valence-electron chi connectivity index (χ1n) is 12.4. The summed E-state index contributed by atoms with van der Waals surface area (Å²) in [6, 6.07) is 16.6. The molecule has 0 aliphatic carbocycles. The lowest BCUT2D eigenvalue weighted by molar-refractivity contribution is 0.262. The number of hydrogen-bond acceptors (Lipinski definition) is 6. The second-order valence-corrected chi connectivity index (χ2v) is 9.04. The molecular weight excluding hydrogens is 487 g/mol. The first-order valence-corrected chi connectivity index (χ1v) is 12.4. The Kier molecular flexibility index (Phi) is 7.55. The summed E-state index contributed by atoms with van der Waals surface area (Å²) in [7, 11) is 3.09. The molecule has 1 aliphatic heterocycles. The van der Waals surface area contributed by atoms with E-state index in [1.165, 1.54) is 30.5 Å². The zero-order valence-corrected chi connectivity index (χ0v) is 21.3. The number of nitrogens with one attached hydrogen (secondary N) is 2. The first-order chi connectivity index (χ1) is 18.5. The standard InChI is InChI=1S/C29H29FN4O4/c1-36-27-16-22-25(17-28(27)37-2)31-12-11-26(22)38-21-9-10-24(23(30)15-21)33-29(35)32-20-7-5-19(6-8-20)18-34-13-3-4-14-34/h5-12,15-17H,3-4,13-14,18H2,1-2H3,(H2,32,33,35). The highest BCUT2D eigenvalue weighted by molar-refractivity contribution is 5.99. The van der Waals surface area contributed by atoms with Crippen molar-refractivity contribution < 1.29 is 23.4 Å². The van der Waals surface area contributed by atoms with Gasteiger partial charge in [0.15, 0.2) is 11.5 Å². The summed E-state index contributed by atoms with van der Waals surface area (Å²) in [5.41, 5.74) is 2.50. The van der Waals surface area contributed by atoms with E-state index in [9.17, 15) is 9.18 Å². The lowest BCUT2D eigenvalue weighted by atomic mass is 10.2. The molecule has 0 bridgehead atoms. The predicted molar refractivity (Wildman–Crippen MR) is 145 cm³/mol. The second-order valence-electron chi connectivity index (χ2n) is 9.04. The highest BCUT2D eigenvalue weighted by Crippen LogP contribution is 2.37. The van der Waals surface area contributed by atoms with E-state index in [2.05, 4.69) is 20.5 Å². The molecule has 2 amide bonds. The number of methoxy groups -OCH3 is 2. The molecule has 3 aromatic carbocycles. The molecule has 4 aromatic rings. The topological polar surface area (TPSA) is 85.0 Å². The molecular formula is C29H29FN4O4. The Balaban J connectivity index is 1.23. The molecule has 1 saturated heterocycles. The number of likely N-dealkylation sites (tertiary alicyclic amines) is 1. The molecule has 38 heavy (non-hydrogen) atoms. The number of amides is 2. The van der Waals surface area contributed by atoms with Crippen LogP contribution in [-0.2, 0) is 6.54 Å². The van der Waals surface area contributed by atoms with Crippen LogP contribution in [0.15, 0.2) is 66.9 Å². The number of rotatable bonds is 8. The van der Waals surface area contributed by atoms with Gasteiger partial charge in [-0.05, 0) is 67.9 Å². The van der Waals surface area contributed by atoms with Gasteiger partial charge in [0.05, 0.1) is 25.4 Å². The number of pyridine rings is 1. The van der Waals surface area contributed by atoms with E-state index in [0.717, 1.165) is 19.6 Å². The molecule has 8 nitrogen and oxygen atoms in total. The van der Waals surface area contributed by atoms with Gasteiger partial charge in [0, 0.05) is 35.9 Å².